The molecule has 0 bridgehead atoms. The van der Waals surface area contributed by atoms with Gasteiger partial charge < -0.3 is 5.73 Å². The highest BCUT2D eigenvalue weighted by molar-refractivity contribution is 5.24. The third kappa shape index (κ3) is 1.50. The average Bonchev–Trinajstić information content (AvgIpc) is 2.52. The van der Waals surface area contributed by atoms with Gasteiger partial charge in [-0.05, 0) is 12.0 Å². The lowest BCUT2D eigenvalue weighted by molar-refractivity contribution is 0.515. The summed E-state index contributed by atoms with van der Waals surface area (Å²) < 4.78 is 0. The Kier molecular flexibility index (Phi) is 2.52. The first-order valence-electron chi connectivity index (χ1n) is 4.34. The number of hydrogen-bond acceptors (Lipinski definition) is 2. The number of nitrogens with one attached hydrogen (secondary N) is 1. The van der Waals surface area contributed by atoms with Crippen LogP contribution in [0.3, 0.4) is 0 Å². The number of aromatic amines is 1. The van der Waals surface area contributed by atoms with E-state index in [9.17, 15) is 0 Å². The summed E-state index contributed by atoms with van der Waals surface area (Å²) in [5.74, 6) is 0. The molecule has 0 aromatic carbocycles. The summed E-state index contributed by atoms with van der Waals surface area (Å²) in [6, 6.07) is 0. The van der Waals surface area contributed by atoms with E-state index in [0.29, 0.717) is 6.54 Å². The van der Waals surface area contributed by atoms with Crippen LogP contribution in [-0.2, 0) is 11.8 Å². The van der Waals surface area contributed by atoms with Crippen LogP contribution in [0, 0.1) is 0 Å². The summed E-state index contributed by atoms with van der Waals surface area (Å²) in [5, 5.41) is 7.04. The first-order valence-corrected chi connectivity index (χ1v) is 4.34. The number of nitrogens with two attached hydrogens (primary N) is 1. The quantitative estimate of drug-likeness (QED) is 0.711. The SMILES string of the molecule is CCc1cn[nH]c1C(C)(C)CN. The fourth-order valence-corrected chi connectivity index (χ4v) is 1.27. The minimum absolute atomic E-state index is 0.0157. The maximum atomic E-state index is 5.67. The van der Waals surface area contributed by atoms with Crippen LogP contribution in [0.2, 0.25) is 0 Å². The molecular weight excluding hydrogens is 150 g/mol. The molecule has 68 valence electrons. The Labute approximate surface area is 73.4 Å². The molecule has 0 aliphatic carbocycles. The molecule has 0 saturated heterocycles. The molecule has 1 aromatic rings. The zero-order valence-electron chi connectivity index (χ0n) is 8.02. The van der Waals surface area contributed by atoms with Crippen LogP contribution >= 0.6 is 0 Å². The van der Waals surface area contributed by atoms with Gasteiger partial charge in [-0.3, -0.25) is 5.10 Å². The second-order valence-corrected chi connectivity index (χ2v) is 3.71. The van der Waals surface area contributed by atoms with Crippen LogP contribution in [0.1, 0.15) is 32.0 Å². The molecule has 0 unspecified atom stereocenters. The average molecular weight is 167 g/mol. The molecule has 0 aliphatic heterocycles. The zero-order valence-corrected chi connectivity index (χ0v) is 8.02. The zero-order chi connectivity index (χ0) is 9.19. The Morgan fingerprint density at radius 1 is 1.58 bits per heavy atom. The number of H-pyrrole nitrogens is 1. The highest BCUT2D eigenvalue weighted by atomic mass is 15.1. The van der Waals surface area contributed by atoms with E-state index in [2.05, 4.69) is 31.0 Å². The number of aryl methyl sites for hydroxylation is 1. The minimum Gasteiger partial charge on any atom is -0.330 e. The molecule has 3 N–H and O–H groups in total. The van der Waals surface area contributed by atoms with Crippen LogP contribution < -0.4 is 5.73 Å². The Bertz CT molecular complexity index is 250. The van der Waals surface area contributed by atoms with Crippen LogP contribution in [-0.4, -0.2) is 16.7 Å². The van der Waals surface area contributed by atoms with E-state index in [0.717, 1.165) is 6.42 Å². The maximum absolute atomic E-state index is 5.67. The highest BCUT2D eigenvalue weighted by Gasteiger charge is 2.22. The second-order valence-electron chi connectivity index (χ2n) is 3.71. The topological polar surface area (TPSA) is 54.7 Å². The predicted octanol–water partition coefficient (Wildman–Crippen LogP) is 1.21. The van der Waals surface area contributed by atoms with Gasteiger partial charge in [0.1, 0.15) is 0 Å². The Morgan fingerprint density at radius 3 is 2.75 bits per heavy atom. The van der Waals surface area contributed by atoms with E-state index in [1.165, 1.54) is 11.3 Å². The number of aromatic nitrogens is 2. The van der Waals surface area contributed by atoms with E-state index in [1.54, 1.807) is 0 Å². The third-order valence-corrected chi connectivity index (χ3v) is 2.29. The first kappa shape index (κ1) is 9.26. The van der Waals surface area contributed by atoms with E-state index in [1.807, 2.05) is 6.20 Å². The molecule has 1 heterocycles. The number of rotatable bonds is 3. The molecule has 0 saturated carbocycles. The monoisotopic (exact) mass is 167 g/mol. The molecular formula is C9H17N3. The molecule has 12 heavy (non-hydrogen) atoms. The lowest BCUT2D eigenvalue weighted by Gasteiger charge is -2.21. The molecule has 0 aliphatic rings. The Morgan fingerprint density at radius 2 is 2.25 bits per heavy atom. The fourth-order valence-electron chi connectivity index (χ4n) is 1.27. The van der Waals surface area contributed by atoms with Crippen LogP contribution in [0.15, 0.2) is 6.20 Å². The Balaban J connectivity index is 3.00. The van der Waals surface area contributed by atoms with Crippen molar-refractivity contribution in [2.75, 3.05) is 6.54 Å². The molecule has 0 fully saturated rings. The smallest absolute Gasteiger partial charge is 0.0522 e. The standard InChI is InChI=1S/C9H17N3/c1-4-7-5-11-12-8(7)9(2,3)6-10/h5H,4,6,10H2,1-3H3,(H,11,12). The largest absolute Gasteiger partial charge is 0.330 e. The van der Waals surface area contributed by atoms with Crippen molar-refractivity contribution in [2.45, 2.75) is 32.6 Å². The van der Waals surface area contributed by atoms with Gasteiger partial charge in [0.2, 0.25) is 0 Å². The van der Waals surface area contributed by atoms with Gasteiger partial charge in [0.15, 0.2) is 0 Å². The first-order chi connectivity index (χ1) is 5.61. The normalized spacial score (nSPS) is 12.0. The molecule has 0 atom stereocenters. The van der Waals surface area contributed by atoms with Gasteiger partial charge >= 0.3 is 0 Å². The third-order valence-electron chi connectivity index (χ3n) is 2.29. The minimum atomic E-state index is 0.0157. The van der Waals surface area contributed by atoms with E-state index < -0.39 is 0 Å². The highest BCUT2D eigenvalue weighted by Crippen LogP contribution is 2.22. The van der Waals surface area contributed by atoms with Gasteiger partial charge in [-0.2, -0.15) is 5.10 Å². The molecule has 0 amide bonds. The van der Waals surface area contributed by atoms with Crippen molar-refractivity contribution >= 4 is 0 Å². The van der Waals surface area contributed by atoms with Crippen LogP contribution in [0.5, 0.6) is 0 Å². The molecule has 1 rings (SSSR count). The van der Waals surface area contributed by atoms with E-state index in [-0.39, 0.29) is 5.41 Å². The van der Waals surface area contributed by atoms with Gasteiger partial charge in [0.05, 0.1) is 6.20 Å². The van der Waals surface area contributed by atoms with Crippen molar-refractivity contribution in [1.82, 2.24) is 10.2 Å². The molecule has 3 heteroatoms. The summed E-state index contributed by atoms with van der Waals surface area (Å²) >= 11 is 0. The lowest BCUT2D eigenvalue weighted by Crippen LogP contribution is -2.29. The molecule has 0 spiro atoms. The number of hydrogen-bond donors (Lipinski definition) is 2. The van der Waals surface area contributed by atoms with Crippen LogP contribution in [0.4, 0.5) is 0 Å². The van der Waals surface area contributed by atoms with Gasteiger partial charge in [-0.1, -0.05) is 20.8 Å². The Hall–Kier alpha value is -0.830. The fraction of sp³-hybridized carbons (Fsp3) is 0.667. The predicted molar refractivity (Wildman–Crippen MR) is 50.0 cm³/mol. The summed E-state index contributed by atoms with van der Waals surface area (Å²) in [4.78, 5) is 0. The second kappa shape index (κ2) is 3.27. The van der Waals surface area contributed by atoms with Gasteiger partial charge in [-0.15, -0.1) is 0 Å². The summed E-state index contributed by atoms with van der Waals surface area (Å²) in [6.45, 7) is 7.02. The molecule has 1 aromatic heterocycles. The molecule has 0 radical (unpaired) electrons. The van der Waals surface area contributed by atoms with Crippen molar-refractivity contribution < 1.29 is 0 Å². The van der Waals surface area contributed by atoms with Crippen molar-refractivity contribution in [3.05, 3.63) is 17.5 Å². The van der Waals surface area contributed by atoms with Crippen LogP contribution in [0.25, 0.3) is 0 Å². The molecule has 3 nitrogen and oxygen atoms in total. The van der Waals surface area contributed by atoms with Crippen molar-refractivity contribution in [3.63, 3.8) is 0 Å². The van der Waals surface area contributed by atoms with Crippen molar-refractivity contribution in [1.29, 1.82) is 0 Å². The maximum Gasteiger partial charge on any atom is 0.0522 e. The van der Waals surface area contributed by atoms with Crippen molar-refractivity contribution in [3.8, 4) is 0 Å². The summed E-state index contributed by atoms with van der Waals surface area (Å²) in [6.07, 6.45) is 2.89. The van der Waals surface area contributed by atoms with E-state index in [4.69, 9.17) is 5.73 Å². The summed E-state index contributed by atoms with van der Waals surface area (Å²) in [7, 11) is 0. The van der Waals surface area contributed by atoms with Crippen molar-refractivity contribution in [2.24, 2.45) is 5.73 Å². The lowest BCUT2D eigenvalue weighted by atomic mass is 9.87. The van der Waals surface area contributed by atoms with Gasteiger partial charge in [0, 0.05) is 17.7 Å². The van der Waals surface area contributed by atoms with Gasteiger partial charge in [0.25, 0.3) is 0 Å². The van der Waals surface area contributed by atoms with E-state index >= 15 is 0 Å². The van der Waals surface area contributed by atoms with Gasteiger partial charge in [-0.25, -0.2) is 0 Å². The number of nitrogens with zero attached hydrogens (tertiary/aromatic N) is 1. The summed E-state index contributed by atoms with van der Waals surface area (Å²) in [5.41, 5.74) is 8.13.